The topological polar surface area (TPSA) is 123 Å². The first-order valence-corrected chi connectivity index (χ1v) is 8.54. The Bertz CT molecular complexity index is 924. The first-order chi connectivity index (χ1) is 13.6. The number of amidine groups is 1. The molecule has 0 spiro atoms. The zero-order valence-corrected chi connectivity index (χ0v) is 15.1. The van der Waals surface area contributed by atoms with E-state index in [-0.39, 0.29) is 30.8 Å². The molecule has 0 radical (unpaired) electrons. The zero-order chi connectivity index (χ0) is 21.2. The maximum absolute atomic E-state index is 12.7. The fraction of sp³-hybridized carbons (Fsp3) is 0.278. The quantitative estimate of drug-likeness (QED) is 0.643. The average Bonchev–Trinajstić information content (AvgIpc) is 2.95. The van der Waals surface area contributed by atoms with Gasteiger partial charge >= 0.3 is 6.36 Å². The van der Waals surface area contributed by atoms with Crippen LogP contribution in [0.4, 0.5) is 13.2 Å². The van der Waals surface area contributed by atoms with E-state index < -0.39 is 24.2 Å². The van der Waals surface area contributed by atoms with E-state index in [1.165, 1.54) is 23.2 Å². The van der Waals surface area contributed by atoms with Gasteiger partial charge in [0.25, 0.3) is 0 Å². The monoisotopic (exact) mass is 409 g/mol. The smallest absolute Gasteiger partial charge is 0.405 e. The summed E-state index contributed by atoms with van der Waals surface area (Å²) in [6.45, 7) is -0.415. The number of aliphatic imine (C=N–C) groups is 1. The van der Waals surface area contributed by atoms with Gasteiger partial charge in [-0.1, -0.05) is 30.4 Å². The van der Waals surface area contributed by atoms with E-state index in [4.69, 9.17) is 11.5 Å². The lowest BCUT2D eigenvalue weighted by atomic mass is 9.89. The van der Waals surface area contributed by atoms with Crippen LogP contribution in [-0.4, -0.2) is 48.2 Å². The molecule has 2 amide bonds. The molecule has 0 aromatic heterocycles. The summed E-state index contributed by atoms with van der Waals surface area (Å²) in [5.41, 5.74) is 14.8. The lowest BCUT2D eigenvalue weighted by Gasteiger charge is -2.26. The van der Waals surface area contributed by atoms with Crippen molar-refractivity contribution in [3.8, 4) is 5.75 Å². The van der Waals surface area contributed by atoms with Crippen molar-refractivity contribution in [2.45, 2.75) is 18.8 Å². The number of nitrogens with one attached hydrogen (secondary N) is 1. The SMILES string of the molecule is NC(=O)CN=C1NN(CC(N)=O)C2CC(c3ccccc3OC(F)(F)F)=CC=C12. The number of nitrogens with two attached hydrogens (primary N) is 2. The summed E-state index contributed by atoms with van der Waals surface area (Å²) >= 11 is 0. The Morgan fingerprint density at radius 1 is 1.21 bits per heavy atom. The molecule has 1 atom stereocenters. The summed E-state index contributed by atoms with van der Waals surface area (Å²) in [6, 6.07) is 5.38. The number of hydrogen-bond acceptors (Lipinski definition) is 5. The Kier molecular flexibility index (Phi) is 5.59. The lowest BCUT2D eigenvalue weighted by Crippen LogP contribution is -2.44. The summed E-state index contributed by atoms with van der Waals surface area (Å²) < 4.78 is 42.3. The minimum atomic E-state index is -4.83. The zero-order valence-electron chi connectivity index (χ0n) is 15.1. The second-order valence-corrected chi connectivity index (χ2v) is 6.41. The lowest BCUT2D eigenvalue weighted by molar-refractivity contribution is -0.274. The summed E-state index contributed by atoms with van der Waals surface area (Å²) in [5, 5.41) is 1.52. The number of ether oxygens (including phenoxy) is 1. The van der Waals surface area contributed by atoms with E-state index in [0.717, 1.165) is 0 Å². The highest BCUT2D eigenvalue weighted by molar-refractivity contribution is 6.03. The number of carbonyl (C=O) groups excluding carboxylic acids is 2. The van der Waals surface area contributed by atoms with Crippen LogP contribution in [0.1, 0.15) is 12.0 Å². The standard InChI is InChI=1S/C18H18F3N5O3/c19-18(20,21)29-14-4-2-1-3-11(14)10-5-6-12-13(7-10)26(9-16(23)28)25-17(12)24-8-15(22)27/h1-6,13H,7-9H2,(H2,22,27)(H2,23,28)(H,24,25). The number of carbonyl (C=O) groups is 2. The predicted molar refractivity (Wildman–Crippen MR) is 98.1 cm³/mol. The maximum Gasteiger partial charge on any atom is 0.573 e. The summed E-state index contributed by atoms with van der Waals surface area (Å²) in [4.78, 5) is 26.5. The minimum Gasteiger partial charge on any atom is -0.405 e. The molecule has 11 heteroatoms. The van der Waals surface area contributed by atoms with E-state index in [1.807, 2.05) is 0 Å². The third-order valence-electron chi connectivity index (χ3n) is 4.31. The van der Waals surface area contributed by atoms with Crippen LogP contribution in [0, 0.1) is 0 Å². The molecule has 1 aromatic carbocycles. The van der Waals surface area contributed by atoms with Crippen LogP contribution >= 0.6 is 0 Å². The van der Waals surface area contributed by atoms with Gasteiger partial charge in [0.15, 0.2) is 0 Å². The highest BCUT2D eigenvalue weighted by atomic mass is 19.4. The van der Waals surface area contributed by atoms with E-state index in [1.54, 1.807) is 18.2 Å². The Labute approximate surface area is 163 Å². The largest absolute Gasteiger partial charge is 0.573 e. The predicted octanol–water partition coefficient (Wildman–Crippen LogP) is 0.857. The third kappa shape index (κ3) is 4.93. The Morgan fingerprint density at radius 3 is 2.59 bits per heavy atom. The highest BCUT2D eigenvalue weighted by Gasteiger charge is 2.38. The molecule has 1 aromatic rings. The second kappa shape index (κ2) is 7.95. The number of hydrazine groups is 1. The molecule has 0 bridgehead atoms. The van der Waals surface area contributed by atoms with Gasteiger partial charge in [-0.25, -0.2) is 5.01 Å². The van der Waals surface area contributed by atoms with Gasteiger partial charge in [0.05, 0.1) is 12.6 Å². The number of para-hydroxylation sites is 1. The molecule has 2 aliphatic rings. The Balaban J connectivity index is 1.95. The maximum atomic E-state index is 12.7. The molecule has 0 saturated carbocycles. The molecule has 29 heavy (non-hydrogen) atoms. The number of primary amides is 2. The van der Waals surface area contributed by atoms with Crippen molar-refractivity contribution in [2.24, 2.45) is 16.5 Å². The first-order valence-electron chi connectivity index (χ1n) is 8.54. The number of allylic oxidation sites excluding steroid dienone is 2. The van der Waals surface area contributed by atoms with Gasteiger partial charge in [-0.2, -0.15) is 0 Å². The summed E-state index contributed by atoms with van der Waals surface area (Å²) in [5.74, 6) is -1.21. The molecule has 1 heterocycles. The molecule has 1 aliphatic carbocycles. The van der Waals surface area contributed by atoms with Crippen LogP contribution in [0.25, 0.3) is 5.57 Å². The summed E-state index contributed by atoms with van der Waals surface area (Å²) in [7, 11) is 0. The van der Waals surface area contributed by atoms with Gasteiger partial charge in [0.2, 0.25) is 11.8 Å². The molecule has 8 nitrogen and oxygen atoms in total. The fourth-order valence-corrected chi connectivity index (χ4v) is 3.23. The highest BCUT2D eigenvalue weighted by Crippen LogP contribution is 2.38. The van der Waals surface area contributed by atoms with Crippen LogP contribution in [0.5, 0.6) is 5.75 Å². The molecule has 3 rings (SSSR count). The van der Waals surface area contributed by atoms with E-state index >= 15 is 0 Å². The van der Waals surface area contributed by atoms with E-state index in [9.17, 15) is 22.8 Å². The fourth-order valence-electron chi connectivity index (χ4n) is 3.23. The molecule has 154 valence electrons. The summed E-state index contributed by atoms with van der Waals surface area (Å²) in [6.07, 6.45) is -1.24. The number of fused-ring (bicyclic) bond motifs is 1. The van der Waals surface area contributed by atoms with E-state index in [0.29, 0.717) is 17.0 Å². The first kappa shape index (κ1) is 20.4. The number of rotatable bonds is 6. The number of nitrogens with zero attached hydrogens (tertiary/aromatic N) is 2. The van der Waals surface area contributed by atoms with Crippen molar-refractivity contribution in [3.05, 3.63) is 47.6 Å². The Morgan fingerprint density at radius 2 is 1.93 bits per heavy atom. The number of amides is 2. The van der Waals surface area contributed by atoms with Crippen molar-refractivity contribution < 1.29 is 27.5 Å². The third-order valence-corrected chi connectivity index (χ3v) is 4.31. The second-order valence-electron chi connectivity index (χ2n) is 6.41. The van der Waals surface area contributed by atoms with E-state index in [2.05, 4.69) is 15.2 Å². The molecular weight excluding hydrogens is 391 g/mol. The van der Waals surface area contributed by atoms with Gasteiger partial charge < -0.3 is 21.6 Å². The molecule has 1 aliphatic heterocycles. The molecule has 1 fully saturated rings. The minimum absolute atomic E-state index is 0.161. The van der Waals surface area contributed by atoms with Crippen LogP contribution in [0.3, 0.4) is 0 Å². The molecule has 1 unspecified atom stereocenters. The molecule has 5 N–H and O–H groups in total. The average molecular weight is 409 g/mol. The van der Waals surface area contributed by atoms with Crippen molar-refractivity contribution in [2.75, 3.05) is 13.1 Å². The van der Waals surface area contributed by atoms with Crippen molar-refractivity contribution in [1.29, 1.82) is 0 Å². The van der Waals surface area contributed by atoms with Gasteiger partial charge in [-0.05, 0) is 18.1 Å². The van der Waals surface area contributed by atoms with Gasteiger partial charge in [-0.15, -0.1) is 13.2 Å². The van der Waals surface area contributed by atoms with Gasteiger partial charge in [-0.3, -0.25) is 14.6 Å². The van der Waals surface area contributed by atoms with Crippen LogP contribution < -0.4 is 21.6 Å². The molecular formula is C18H18F3N5O3. The van der Waals surface area contributed by atoms with Crippen molar-refractivity contribution >= 4 is 23.2 Å². The van der Waals surface area contributed by atoms with Gasteiger partial charge in [0.1, 0.15) is 18.1 Å². The number of hydrogen-bond donors (Lipinski definition) is 3. The number of benzene rings is 1. The van der Waals surface area contributed by atoms with Crippen molar-refractivity contribution in [3.63, 3.8) is 0 Å². The normalized spacial score (nSPS) is 20.5. The molecule has 1 saturated heterocycles. The van der Waals surface area contributed by atoms with Crippen LogP contribution in [0.2, 0.25) is 0 Å². The number of halogens is 3. The van der Waals surface area contributed by atoms with Crippen molar-refractivity contribution in [1.82, 2.24) is 10.4 Å². The van der Waals surface area contributed by atoms with Crippen LogP contribution in [0.15, 0.2) is 47.0 Å². The van der Waals surface area contributed by atoms with Crippen LogP contribution in [-0.2, 0) is 9.59 Å². The van der Waals surface area contributed by atoms with Gasteiger partial charge in [0, 0.05) is 11.1 Å². The number of alkyl halides is 3. The Hall–Kier alpha value is -3.34.